The molecule has 2 aliphatic heterocycles. The van der Waals surface area contributed by atoms with Crippen molar-refractivity contribution in [2.45, 2.75) is 49.1 Å². The fraction of sp³-hybridized carbons (Fsp3) is 0.269. The lowest BCUT2D eigenvalue weighted by Gasteiger charge is -2.56. The van der Waals surface area contributed by atoms with Crippen molar-refractivity contribution in [1.82, 2.24) is 10.2 Å². The maximum atomic E-state index is 15.6. The number of urea groups is 1. The van der Waals surface area contributed by atoms with Gasteiger partial charge in [-0.25, -0.2) is 18.1 Å². The lowest BCUT2D eigenvalue weighted by molar-refractivity contribution is -0.934. The number of ether oxygens (including phenoxy) is 1. The van der Waals surface area contributed by atoms with E-state index in [0.717, 1.165) is 66.9 Å². The molecule has 3 N–H and O–H groups in total. The number of nitrogens with zero attached hydrogens (tertiary/aromatic N) is 2. The smallest absolute Gasteiger partial charge is 0.419 e. The highest BCUT2D eigenvalue weighted by Crippen LogP contribution is 2.57. The topological polar surface area (TPSA) is 84.7 Å². The van der Waals surface area contributed by atoms with E-state index in [9.17, 15) is 9.18 Å². The molecule has 0 aliphatic carbocycles. The number of methoxy groups -OCH3 is 1. The van der Waals surface area contributed by atoms with Gasteiger partial charge in [-0.15, -0.1) is 0 Å². The third kappa shape index (κ3) is 6.71. The van der Waals surface area contributed by atoms with E-state index in [0.29, 0.717) is 13.0 Å². The molecule has 0 radical (unpaired) electrons. The van der Waals surface area contributed by atoms with Crippen molar-refractivity contribution in [2.24, 2.45) is 5.73 Å². The van der Waals surface area contributed by atoms with Crippen molar-refractivity contribution < 1.29 is 27.6 Å². The minimum absolute atomic E-state index is 0.123. The Morgan fingerprint density at radius 1 is 0.754 bits per heavy atom. The number of hydrogen-bond donors (Lipinski definition) is 2. The molecule has 2 heterocycles. The van der Waals surface area contributed by atoms with Gasteiger partial charge in [0.05, 0.1) is 20.2 Å². The number of benzene rings is 6. The first-order valence-corrected chi connectivity index (χ1v) is 21.2. The second-order valence-corrected chi connectivity index (χ2v) is 16.4. The lowest BCUT2D eigenvalue weighted by Crippen LogP contribution is -2.75. The largest absolute Gasteiger partial charge is 0.496 e. The average molecular weight is 820 g/mol. The molecule has 7 nitrogen and oxygen atoms in total. The Balaban J connectivity index is 1.27. The quantitative estimate of drug-likeness (QED) is 0.0849. The minimum atomic E-state index is -1.89. The summed E-state index contributed by atoms with van der Waals surface area (Å²) in [5, 5.41) is 3.08. The molecular weight excluding hydrogens is 767 g/mol. The molecule has 2 fully saturated rings. The molecule has 0 spiro atoms. The van der Waals surface area contributed by atoms with E-state index in [4.69, 9.17) is 10.5 Å². The maximum Gasteiger partial charge on any atom is 0.419 e. The van der Waals surface area contributed by atoms with Gasteiger partial charge in [0.2, 0.25) is 5.54 Å². The third-order valence-corrected chi connectivity index (χ3v) is 13.6. The number of piperidine rings is 1. The normalized spacial score (nSPS) is 20.2. The number of nitrogens with two attached hydrogens (primary N) is 1. The predicted octanol–water partition coefficient (Wildman–Crippen LogP) is 9.22. The summed E-state index contributed by atoms with van der Waals surface area (Å²) in [5.74, 6) is -2.13. The summed E-state index contributed by atoms with van der Waals surface area (Å²) in [6.45, 7) is 4.21. The fourth-order valence-corrected chi connectivity index (χ4v) is 10.7. The molecule has 9 heteroatoms. The van der Waals surface area contributed by atoms with E-state index in [1.54, 1.807) is 7.11 Å². The van der Waals surface area contributed by atoms with Crippen LogP contribution in [0.3, 0.4) is 0 Å². The van der Waals surface area contributed by atoms with Crippen molar-refractivity contribution in [1.29, 1.82) is 0 Å². The van der Waals surface area contributed by atoms with Gasteiger partial charge < -0.3 is 15.4 Å². The maximum absolute atomic E-state index is 15.6. The summed E-state index contributed by atoms with van der Waals surface area (Å²) < 4.78 is 35.7. The zero-order valence-corrected chi connectivity index (χ0v) is 34.8. The number of halogens is 2. The Bertz CT molecular complexity index is 2380. The summed E-state index contributed by atoms with van der Waals surface area (Å²) in [7, 11) is 1.73. The molecule has 2 saturated heterocycles. The molecule has 0 aromatic heterocycles. The van der Waals surface area contributed by atoms with Crippen molar-refractivity contribution in [3.05, 3.63) is 208 Å². The predicted molar refractivity (Wildman–Crippen MR) is 235 cm³/mol. The van der Waals surface area contributed by atoms with Crippen LogP contribution in [0.2, 0.25) is 0 Å². The molecule has 6 aromatic rings. The average Bonchev–Trinajstić information content (AvgIpc) is 3.61. The highest BCUT2D eigenvalue weighted by molar-refractivity contribution is 5.91. The van der Waals surface area contributed by atoms with Crippen LogP contribution in [0.4, 0.5) is 13.6 Å². The van der Waals surface area contributed by atoms with Crippen LogP contribution in [-0.2, 0) is 27.7 Å². The van der Waals surface area contributed by atoms with Gasteiger partial charge in [0.25, 0.3) is 5.91 Å². The molecular formula is C52H53F2N4O3+. The standard InChI is InChI=1S/C52H52F2N4O3/c1-3-38-25-28-47(61-2)44(35-38)50(39-17-8-4-9-18-39)29-32-57(33-30-50)31-16-34-58(49(60)56-37-51(58,48(55)59)43-26-27-45(53)46(54)36-43)52(40-19-10-5-11-20-40,41-21-12-6-13-22-41)42-23-14-7-15-24-42/h4-15,17-28,35-36H,3,16,29-34,37H2,1-2H3,(H2-,55,56,59,60)/p+1. The highest BCUT2D eigenvalue weighted by Gasteiger charge is 2.75. The van der Waals surface area contributed by atoms with Gasteiger partial charge in [0.15, 0.2) is 17.2 Å². The Kier molecular flexibility index (Phi) is 11.6. The van der Waals surface area contributed by atoms with Crippen LogP contribution in [0.15, 0.2) is 158 Å². The molecule has 3 amide bonds. The second kappa shape index (κ2) is 17.1. The SMILES string of the molecule is CCc1ccc(OC)c(C2(c3ccccc3)CCN(CCC[N+]3(C(c4ccccc4)(c4ccccc4)c4ccccc4)C(=O)NCC3(C(N)=O)c3ccc(F)c(F)c3)CC2)c1. The number of hydrogen-bond acceptors (Lipinski definition) is 4. The Hall–Kier alpha value is -6.16. The van der Waals surface area contributed by atoms with E-state index < -0.39 is 39.1 Å². The molecule has 8 rings (SSSR count). The number of likely N-dealkylation sites (tertiary alicyclic amines) is 1. The Morgan fingerprint density at radius 2 is 1.31 bits per heavy atom. The molecule has 2 atom stereocenters. The molecule has 2 aliphatic rings. The Morgan fingerprint density at radius 3 is 1.82 bits per heavy atom. The number of amides is 3. The summed E-state index contributed by atoms with van der Waals surface area (Å²) in [5.41, 5.74) is 9.09. The number of aryl methyl sites for hydroxylation is 1. The van der Waals surface area contributed by atoms with E-state index in [1.807, 2.05) is 97.1 Å². The minimum Gasteiger partial charge on any atom is -0.496 e. The summed E-state index contributed by atoms with van der Waals surface area (Å²) >= 11 is 0. The number of primary amides is 1. The van der Waals surface area contributed by atoms with Crippen LogP contribution in [0.5, 0.6) is 5.75 Å². The second-order valence-electron chi connectivity index (χ2n) is 16.4. The van der Waals surface area contributed by atoms with Gasteiger partial charge in [0.1, 0.15) is 5.75 Å². The molecule has 2 unspecified atom stereocenters. The van der Waals surface area contributed by atoms with Crippen LogP contribution in [-0.4, -0.2) is 61.2 Å². The van der Waals surface area contributed by atoms with Gasteiger partial charge in [-0.2, -0.15) is 0 Å². The molecule has 0 bridgehead atoms. The summed E-state index contributed by atoms with van der Waals surface area (Å²) in [6.07, 6.45) is 3.05. The first kappa shape index (κ1) is 41.6. The number of rotatable bonds is 14. The van der Waals surface area contributed by atoms with E-state index >= 15 is 9.18 Å². The molecule has 0 saturated carbocycles. The van der Waals surface area contributed by atoms with Crippen molar-refractivity contribution in [2.75, 3.05) is 39.8 Å². The van der Waals surface area contributed by atoms with Gasteiger partial charge >= 0.3 is 6.03 Å². The van der Waals surface area contributed by atoms with Crippen LogP contribution in [0, 0.1) is 11.6 Å². The van der Waals surface area contributed by atoms with E-state index in [-0.39, 0.29) is 24.1 Å². The molecule has 6 aromatic carbocycles. The monoisotopic (exact) mass is 819 g/mol. The van der Waals surface area contributed by atoms with Gasteiger partial charge in [0, 0.05) is 46.2 Å². The molecule has 61 heavy (non-hydrogen) atoms. The van der Waals surface area contributed by atoms with Gasteiger partial charge in [-0.1, -0.05) is 140 Å². The first-order valence-electron chi connectivity index (χ1n) is 21.2. The first-order chi connectivity index (χ1) is 29.7. The van der Waals surface area contributed by atoms with Crippen LogP contribution in [0.25, 0.3) is 0 Å². The summed E-state index contributed by atoms with van der Waals surface area (Å²) in [6, 6.07) is 49.3. The van der Waals surface area contributed by atoms with Gasteiger partial charge in [-0.05, 0) is 67.7 Å². The van der Waals surface area contributed by atoms with Crippen molar-refractivity contribution in [3.63, 3.8) is 0 Å². The van der Waals surface area contributed by atoms with Crippen molar-refractivity contribution in [3.8, 4) is 5.75 Å². The zero-order valence-electron chi connectivity index (χ0n) is 34.8. The third-order valence-electron chi connectivity index (χ3n) is 13.6. The van der Waals surface area contributed by atoms with E-state index in [1.165, 1.54) is 22.8 Å². The van der Waals surface area contributed by atoms with Crippen LogP contribution < -0.4 is 15.8 Å². The molecule has 312 valence electrons. The number of carbonyl (C=O) groups is 2. The van der Waals surface area contributed by atoms with E-state index in [2.05, 4.69) is 59.6 Å². The van der Waals surface area contributed by atoms with Crippen LogP contribution >= 0.6 is 0 Å². The Labute approximate surface area is 357 Å². The number of quaternary nitrogens is 1. The summed E-state index contributed by atoms with van der Waals surface area (Å²) in [4.78, 5) is 32.7. The van der Waals surface area contributed by atoms with Crippen molar-refractivity contribution >= 4 is 11.9 Å². The zero-order chi connectivity index (χ0) is 42.7. The number of nitrogens with one attached hydrogen (secondary N) is 1. The van der Waals surface area contributed by atoms with Crippen LogP contribution in [0.1, 0.15) is 65.1 Å². The van der Waals surface area contributed by atoms with Gasteiger partial charge in [-0.3, -0.25) is 10.1 Å². The highest BCUT2D eigenvalue weighted by atomic mass is 19.2. The fourth-order valence-electron chi connectivity index (χ4n) is 10.7. The lowest BCUT2D eigenvalue weighted by atomic mass is 9.67. The number of carbonyl (C=O) groups excluding carboxylic acids is 2.